The van der Waals surface area contributed by atoms with E-state index in [-0.39, 0.29) is 17.1 Å². The predicted octanol–water partition coefficient (Wildman–Crippen LogP) is 6.24. The molecule has 34 heavy (non-hydrogen) atoms. The number of nitrogens with one attached hydrogen (secondary N) is 2. The lowest BCUT2D eigenvalue weighted by molar-refractivity contribution is 0.262. The summed E-state index contributed by atoms with van der Waals surface area (Å²) in [5.41, 5.74) is 8.61. The third-order valence-corrected chi connectivity index (χ3v) is 6.50. The van der Waals surface area contributed by atoms with E-state index in [1.54, 1.807) is 36.5 Å². The smallest absolute Gasteiger partial charge is 0.323 e. The highest BCUT2D eigenvalue weighted by Gasteiger charge is 2.26. The zero-order valence-corrected chi connectivity index (χ0v) is 20.1. The van der Waals surface area contributed by atoms with Crippen LogP contribution in [0.2, 0.25) is 0 Å². The van der Waals surface area contributed by atoms with Crippen LogP contribution < -0.4 is 16.4 Å². The molecule has 0 aliphatic carbocycles. The van der Waals surface area contributed by atoms with Crippen molar-refractivity contribution in [2.75, 3.05) is 16.4 Å². The second-order valence-corrected chi connectivity index (χ2v) is 9.86. The van der Waals surface area contributed by atoms with E-state index >= 15 is 4.39 Å². The van der Waals surface area contributed by atoms with E-state index in [1.807, 2.05) is 39.8 Å². The first-order valence-corrected chi connectivity index (χ1v) is 11.5. The summed E-state index contributed by atoms with van der Waals surface area (Å²) in [6.45, 7) is 8.08. The number of anilines is 3. The van der Waals surface area contributed by atoms with Gasteiger partial charge in [0.15, 0.2) is 5.82 Å². The zero-order chi connectivity index (χ0) is 24.5. The van der Waals surface area contributed by atoms with Crippen LogP contribution in [-0.2, 0) is 5.41 Å². The van der Waals surface area contributed by atoms with Gasteiger partial charge in [-0.1, -0.05) is 50.6 Å². The molecule has 2 aromatic carbocycles. The number of halogens is 1. The molecule has 0 aliphatic rings. The van der Waals surface area contributed by atoms with E-state index in [0.717, 1.165) is 10.6 Å². The fourth-order valence-electron chi connectivity index (χ4n) is 3.23. The molecule has 0 atom stereocenters. The van der Waals surface area contributed by atoms with Gasteiger partial charge in [-0.05, 0) is 31.2 Å². The van der Waals surface area contributed by atoms with E-state index in [0.29, 0.717) is 27.5 Å². The number of carbonyl (C=O) groups is 1. The molecule has 0 spiro atoms. The predicted molar refractivity (Wildman–Crippen MR) is 135 cm³/mol. The average Bonchev–Trinajstić information content (AvgIpc) is 3.23. The maximum Gasteiger partial charge on any atom is 0.323 e. The minimum atomic E-state index is -0.561. The van der Waals surface area contributed by atoms with E-state index in [4.69, 9.17) is 10.7 Å². The molecule has 2 amide bonds. The van der Waals surface area contributed by atoms with E-state index in [1.165, 1.54) is 17.4 Å². The zero-order valence-electron chi connectivity index (χ0n) is 19.3. The van der Waals surface area contributed by atoms with Crippen molar-refractivity contribution in [2.24, 2.45) is 0 Å². The Labute approximate surface area is 201 Å². The molecule has 9 heteroatoms. The number of carbonyl (C=O) groups excluding carboxylic acids is 1. The number of rotatable bonds is 4. The minimum absolute atomic E-state index is 0.0565. The van der Waals surface area contributed by atoms with Crippen LogP contribution in [0.1, 0.15) is 31.3 Å². The molecule has 0 radical (unpaired) electrons. The summed E-state index contributed by atoms with van der Waals surface area (Å²) >= 11 is 1.39. The molecule has 2 aromatic heterocycles. The number of aryl methyl sites for hydroxylation is 1. The summed E-state index contributed by atoms with van der Waals surface area (Å²) < 4.78 is 15.7. The van der Waals surface area contributed by atoms with Crippen LogP contribution in [0.15, 0.2) is 54.7 Å². The molecular formula is C25H25FN6OS. The largest absolute Gasteiger partial charge is 0.368 e. The Morgan fingerprint density at radius 2 is 1.76 bits per heavy atom. The van der Waals surface area contributed by atoms with Gasteiger partial charge in [-0.25, -0.2) is 24.1 Å². The van der Waals surface area contributed by atoms with Crippen LogP contribution >= 0.6 is 11.3 Å². The molecule has 4 N–H and O–H groups in total. The molecule has 0 saturated heterocycles. The van der Waals surface area contributed by atoms with Gasteiger partial charge in [-0.2, -0.15) is 0 Å². The number of aromatic nitrogens is 3. The normalized spacial score (nSPS) is 11.3. The Morgan fingerprint density at radius 1 is 1.03 bits per heavy atom. The first-order valence-electron chi connectivity index (χ1n) is 10.7. The van der Waals surface area contributed by atoms with Gasteiger partial charge in [0.05, 0.1) is 21.3 Å². The number of thiazole rings is 1. The number of nitrogens with two attached hydrogens (primary N) is 1. The maximum atomic E-state index is 15.7. The topological polar surface area (TPSA) is 106 Å². The van der Waals surface area contributed by atoms with Gasteiger partial charge in [-0.15, -0.1) is 11.3 Å². The van der Waals surface area contributed by atoms with Crippen molar-refractivity contribution >= 4 is 34.7 Å². The third-order valence-electron chi connectivity index (χ3n) is 4.99. The number of benzene rings is 2. The number of urea groups is 1. The van der Waals surface area contributed by atoms with Crippen molar-refractivity contribution in [3.63, 3.8) is 0 Å². The Kier molecular flexibility index (Phi) is 6.30. The standard InChI is InChI=1S/C25H25FN6OS/c1-14-8-10-15(11-9-14)29-24(33)31-17-7-5-6-16(19(17)26)21-20(18-12-13-28-23(27)30-18)32-22(34-21)25(2,3)4/h5-13H,1-4H3,(H2,27,28,30)(H2,29,31,33). The van der Waals surface area contributed by atoms with Crippen LogP contribution in [0.5, 0.6) is 0 Å². The highest BCUT2D eigenvalue weighted by atomic mass is 32.1. The van der Waals surface area contributed by atoms with Gasteiger partial charge in [-0.3, -0.25) is 0 Å². The fourth-order valence-corrected chi connectivity index (χ4v) is 4.38. The number of nitrogens with zero attached hydrogens (tertiary/aromatic N) is 3. The number of hydrogen-bond acceptors (Lipinski definition) is 6. The first-order chi connectivity index (χ1) is 16.1. The Morgan fingerprint density at radius 3 is 2.44 bits per heavy atom. The van der Waals surface area contributed by atoms with E-state index < -0.39 is 11.8 Å². The summed E-state index contributed by atoms with van der Waals surface area (Å²) in [5.74, 6) is -0.452. The highest BCUT2D eigenvalue weighted by Crippen LogP contribution is 2.42. The molecule has 0 bridgehead atoms. The van der Waals surface area contributed by atoms with Gasteiger partial charge in [0.25, 0.3) is 0 Å². The molecule has 7 nitrogen and oxygen atoms in total. The van der Waals surface area contributed by atoms with Gasteiger partial charge >= 0.3 is 6.03 Å². The van der Waals surface area contributed by atoms with Crippen molar-refractivity contribution in [1.82, 2.24) is 15.0 Å². The van der Waals surface area contributed by atoms with Crippen LogP contribution in [0, 0.1) is 12.7 Å². The summed E-state index contributed by atoms with van der Waals surface area (Å²) in [7, 11) is 0. The van der Waals surface area contributed by atoms with Crippen molar-refractivity contribution in [1.29, 1.82) is 0 Å². The van der Waals surface area contributed by atoms with Gasteiger partial charge in [0.2, 0.25) is 5.95 Å². The fraction of sp³-hybridized carbons (Fsp3) is 0.200. The maximum absolute atomic E-state index is 15.7. The molecule has 174 valence electrons. The van der Waals surface area contributed by atoms with Gasteiger partial charge < -0.3 is 16.4 Å². The van der Waals surface area contributed by atoms with Gasteiger partial charge in [0.1, 0.15) is 5.69 Å². The third kappa shape index (κ3) is 5.04. The lowest BCUT2D eigenvalue weighted by Gasteiger charge is -2.13. The van der Waals surface area contributed by atoms with E-state index in [9.17, 15) is 4.79 Å². The lowest BCUT2D eigenvalue weighted by Crippen LogP contribution is -2.20. The second kappa shape index (κ2) is 9.18. The number of amides is 2. The summed E-state index contributed by atoms with van der Waals surface area (Å²) in [4.78, 5) is 26.1. The van der Waals surface area contributed by atoms with Crippen LogP contribution in [0.25, 0.3) is 21.8 Å². The van der Waals surface area contributed by atoms with Crippen molar-refractivity contribution in [3.05, 3.63) is 71.1 Å². The van der Waals surface area contributed by atoms with Gasteiger partial charge in [0, 0.05) is 22.9 Å². The van der Waals surface area contributed by atoms with Crippen molar-refractivity contribution in [2.45, 2.75) is 33.1 Å². The minimum Gasteiger partial charge on any atom is -0.368 e. The Bertz CT molecular complexity index is 1340. The average molecular weight is 477 g/mol. The first kappa shape index (κ1) is 23.3. The van der Waals surface area contributed by atoms with Crippen LogP contribution in [-0.4, -0.2) is 21.0 Å². The summed E-state index contributed by atoms with van der Waals surface area (Å²) in [6.07, 6.45) is 1.54. The molecule has 2 heterocycles. The SMILES string of the molecule is Cc1ccc(NC(=O)Nc2cccc(-c3sc(C(C)(C)C)nc3-c3ccnc(N)n3)c2F)cc1. The second-order valence-electron chi connectivity index (χ2n) is 8.86. The Hall–Kier alpha value is -3.85. The van der Waals surface area contributed by atoms with Crippen molar-refractivity contribution in [3.8, 4) is 21.8 Å². The van der Waals surface area contributed by atoms with Crippen LogP contribution in [0.4, 0.5) is 26.5 Å². The summed E-state index contributed by atoms with van der Waals surface area (Å²) in [5, 5.41) is 6.14. The molecular weight excluding hydrogens is 451 g/mol. The molecule has 0 unspecified atom stereocenters. The molecule has 0 aliphatic heterocycles. The quantitative estimate of drug-likeness (QED) is 0.323. The Balaban J connectivity index is 1.71. The summed E-state index contributed by atoms with van der Waals surface area (Å²) in [6, 6.07) is 13.4. The monoisotopic (exact) mass is 476 g/mol. The highest BCUT2D eigenvalue weighted by molar-refractivity contribution is 7.15. The lowest BCUT2D eigenvalue weighted by atomic mass is 9.98. The van der Waals surface area contributed by atoms with Crippen molar-refractivity contribution < 1.29 is 9.18 Å². The van der Waals surface area contributed by atoms with Crippen LogP contribution in [0.3, 0.4) is 0 Å². The molecule has 4 rings (SSSR count). The number of nitrogen functional groups attached to an aromatic ring is 1. The number of hydrogen-bond donors (Lipinski definition) is 3. The molecule has 0 fully saturated rings. The molecule has 4 aromatic rings. The van der Waals surface area contributed by atoms with E-state index in [2.05, 4.69) is 20.6 Å². The molecule has 0 saturated carbocycles.